The third kappa shape index (κ3) is 3.96. The molecule has 5 rings (SSSR count). The quantitative estimate of drug-likeness (QED) is 0.731. The van der Waals surface area contributed by atoms with Gasteiger partial charge in [-0.3, -0.25) is 4.79 Å². The van der Waals surface area contributed by atoms with Gasteiger partial charge in [0.2, 0.25) is 10.0 Å². The summed E-state index contributed by atoms with van der Waals surface area (Å²) in [6, 6.07) is 3.04. The molecule has 2 N–H and O–H groups in total. The van der Waals surface area contributed by atoms with Crippen molar-refractivity contribution in [2.45, 2.75) is 76.3 Å². The van der Waals surface area contributed by atoms with Crippen molar-refractivity contribution < 1.29 is 17.6 Å². The van der Waals surface area contributed by atoms with Crippen LogP contribution in [0.2, 0.25) is 0 Å². The zero-order valence-corrected chi connectivity index (χ0v) is 18.2. The van der Waals surface area contributed by atoms with Gasteiger partial charge in [0.05, 0.1) is 10.5 Å². The molecule has 1 amide bonds. The highest BCUT2D eigenvalue weighted by molar-refractivity contribution is 7.89. The number of carbonyl (C=O) groups is 1. The van der Waals surface area contributed by atoms with Gasteiger partial charge in [-0.25, -0.2) is 17.5 Å². The van der Waals surface area contributed by atoms with Crippen LogP contribution in [-0.2, 0) is 10.0 Å². The van der Waals surface area contributed by atoms with Gasteiger partial charge in [0.15, 0.2) is 0 Å². The molecule has 0 radical (unpaired) electrons. The molecule has 160 valence electrons. The lowest BCUT2D eigenvalue weighted by molar-refractivity contribution is -0.0688. The highest BCUT2D eigenvalue weighted by Gasteiger charge is 2.53. The summed E-state index contributed by atoms with van der Waals surface area (Å²) in [5.74, 6) is 1.03. The van der Waals surface area contributed by atoms with Crippen LogP contribution in [-0.4, -0.2) is 26.4 Å². The van der Waals surface area contributed by atoms with Crippen LogP contribution in [0, 0.1) is 29.0 Å². The van der Waals surface area contributed by atoms with E-state index in [2.05, 4.69) is 10.0 Å². The Hall–Kier alpha value is -1.47. The second-order valence-electron chi connectivity index (χ2n) is 9.89. The normalized spacial score (nSPS) is 31.8. The summed E-state index contributed by atoms with van der Waals surface area (Å²) in [6.07, 6.45) is 7.35. The third-order valence-corrected chi connectivity index (χ3v) is 8.89. The van der Waals surface area contributed by atoms with E-state index in [0.29, 0.717) is 0 Å². The number of benzene rings is 1. The highest BCUT2D eigenvalue weighted by Crippen LogP contribution is 2.61. The Labute approximate surface area is 172 Å². The molecule has 0 spiro atoms. The molecular formula is C22H31FN2O3S. The first kappa shape index (κ1) is 20.8. The van der Waals surface area contributed by atoms with E-state index in [1.54, 1.807) is 13.8 Å². The van der Waals surface area contributed by atoms with Crippen molar-refractivity contribution in [3.63, 3.8) is 0 Å². The molecule has 0 aliphatic heterocycles. The number of carbonyl (C=O) groups excluding carboxylic acids is 1. The van der Waals surface area contributed by atoms with Crippen LogP contribution in [0.4, 0.5) is 4.39 Å². The molecule has 1 unspecified atom stereocenters. The molecule has 7 heteroatoms. The fourth-order valence-corrected chi connectivity index (χ4v) is 7.64. The molecule has 4 aliphatic rings. The lowest BCUT2D eigenvalue weighted by Gasteiger charge is -2.59. The number of sulfonamides is 1. The van der Waals surface area contributed by atoms with Crippen molar-refractivity contribution in [1.29, 1.82) is 0 Å². The predicted molar refractivity (Wildman–Crippen MR) is 109 cm³/mol. The molecule has 1 atom stereocenters. The maximum Gasteiger partial charge on any atom is 0.254 e. The Morgan fingerprint density at radius 2 is 1.62 bits per heavy atom. The van der Waals surface area contributed by atoms with E-state index >= 15 is 0 Å². The Morgan fingerprint density at radius 3 is 2.14 bits per heavy atom. The van der Waals surface area contributed by atoms with Gasteiger partial charge in [-0.1, -0.05) is 0 Å². The lowest BCUT2D eigenvalue weighted by atomic mass is 9.48. The molecule has 1 aromatic carbocycles. The number of rotatable bonds is 6. The standard InChI is InChI=1S/C22H31FN2O3S/c1-13(2)25-29(27,28)18-4-5-20(23)19(9-18)21(26)24-14(3)22-10-15-6-16(11-22)8-17(7-15)12-22/h4-5,9,13-17,25H,6-8,10-12H2,1-3H3,(H,24,26). The lowest BCUT2D eigenvalue weighted by Crippen LogP contribution is -2.55. The van der Waals surface area contributed by atoms with E-state index in [1.807, 2.05) is 6.92 Å². The van der Waals surface area contributed by atoms with Crippen LogP contribution in [0.3, 0.4) is 0 Å². The van der Waals surface area contributed by atoms with Gasteiger partial charge in [0, 0.05) is 12.1 Å². The fraction of sp³-hybridized carbons (Fsp3) is 0.682. The maximum atomic E-state index is 14.4. The molecule has 0 saturated heterocycles. The van der Waals surface area contributed by atoms with E-state index in [-0.39, 0.29) is 28.0 Å². The number of amides is 1. The first-order chi connectivity index (χ1) is 13.6. The van der Waals surface area contributed by atoms with E-state index in [0.717, 1.165) is 49.1 Å². The van der Waals surface area contributed by atoms with Crippen molar-refractivity contribution in [2.75, 3.05) is 0 Å². The summed E-state index contributed by atoms with van der Waals surface area (Å²) >= 11 is 0. The van der Waals surface area contributed by atoms with E-state index in [4.69, 9.17) is 0 Å². The van der Waals surface area contributed by atoms with E-state index in [1.165, 1.54) is 25.3 Å². The summed E-state index contributed by atoms with van der Waals surface area (Å²) in [6.45, 7) is 5.45. The predicted octanol–water partition coefficient (Wildman–Crippen LogP) is 3.85. The second kappa shape index (κ2) is 7.34. The van der Waals surface area contributed by atoms with Gasteiger partial charge in [-0.05, 0) is 101 Å². The van der Waals surface area contributed by atoms with Gasteiger partial charge in [0.25, 0.3) is 5.91 Å². The Bertz CT molecular complexity index is 877. The summed E-state index contributed by atoms with van der Waals surface area (Å²) < 4.78 is 41.7. The second-order valence-corrected chi connectivity index (χ2v) is 11.6. The van der Waals surface area contributed by atoms with Crippen molar-refractivity contribution in [1.82, 2.24) is 10.0 Å². The first-order valence-corrected chi connectivity index (χ1v) is 12.2. The van der Waals surface area contributed by atoms with Crippen LogP contribution >= 0.6 is 0 Å². The average Bonchev–Trinajstić information content (AvgIpc) is 2.59. The third-order valence-electron chi connectivity index (χ3n) is 7.24. The minimum absolute atomic E-state index is 0.0585. The van der Waals surface area contributed by atoms with Gasteiger partial charge >= 0.3 is 0 Å². The number of hydrogen-bond donors (Lipinski definition) is 2. The minimum Gasteiger partial charge on any atom is -0.349 e. The van der Waals surface area contributed by atoms with Crippen molar-refractivity contribution in [3.05, 3.63) is 29.6 Å². The molecule has 1 aromatic rings. The molecule has 4 aliphatic carbocycles. The van der Waals surface area contributed by atoms with Crippen LogP contribution in [0.15, 0.2) is 23.1 Å². The van der Waals surface area contributed by atoms with Gasteiger partial charge in [-0.15, -0.1) is 0 Å². The molecule has 0 heterocycles. The minimum atomic E-state index is -3.79. The zero-order valence-electron chi connectivity index (χ0n) is 17.4. The SMILES string of the molecule is CC(C)NS(=O)(=O)c1ccc(F)c(C(=O)NC(C)C23CC4CC(CC(C4)C2)C3)c1. The number of hydrogen-bond acceptors (Lipinski definition) is 3. The van der Waals surface area contributed by atoms with E-state index in [9.17, 15) is 17.6 Å². The summed E-state index contributed by atoms with van der Waals surface area (Å²) in [5, 5.41) is 3.02. The summed E-state index contributed by atoms with van der Waals surface area (Å²) in [4.78, 5) is 12.8. The topological polar surface area (TPSA) is 75.3 Å². The van der Waals surface area contributed by atoms with E-state index < -0.39 is 21.7 Å². The summed E-state index contributed by atoms with van der Waals surface area (Å²) in [5.41, 5.74) is -0.114. The molecule has 0 aromatic heterocycles. The molecule has 4 saturated carbocycles. The molecule has 4 fully saturated rings. The monoisotopic (exact) mass is 422 g/mol. The zero-order chi connectivity index (χ0) is 21.0. The van der Waals surface area contributed by atoms with Gasteiger partial charge < -0.3 is 5.32 Å². The van der Waals surface area contributed by atoms with Crippen molar-refractivity contribution >= 4 is 15.9 Å². The van der Waals surface area contributed by atoms with Crippen LogP contribution < -0.4 is 10.0 Å². The van der Waals surface area contributed by atoms with Crippen molar-refractivity contribution in [2.24, 2.45) is 23.2 Å². The summed E-state index contributed by atoms with van der Waals surface area (Å²) in [7, 11) is -3.79. The van der Waals surface area contributed by atoms with Gasteiger partial charge in [-0.2, -0.15) is 0 Å². The Morgan fingerprint density at radius 1 is 1.07 bits per heavy atom. The van der Waals surface area contributed by atoms with Crippen LogP contribution in [0.1, 0.15) is 69.7 Å². The molecule has 4 bridgehead atoms. The highest BCUT2D eigenvalue weighted by atomic mass is 32.2. The smallest absolute Gasteiger partial charge is 0.254 e. The number of nitrogens with one attached hydrogen (secondary N) is 2. The molecular weight excluding hydrogens is 391 g/mol. The van der Waals surface area contributed by atoms with Crippen molar-refractivity contribution in [3.8, 4) is 0 Å². The largest absolute Gasteiger partial charge is 0.349 e. The number of halogens is 1. The van der Waals surface area contributed by atoms with Gasteiger partial charge in [0.1, 0.15) is 5.82 Å². The van der Waals surface area contributed by atoms with Crippen LogP contribution in [0.25, 0.3) is 0 Å². The van der Waals surface area contributed by atoms with Crippen LogP contribution in [0.5, 0.6) is 0 Å². The Balaban J connectivity index is 1.53. The fourth-order valence-electron chi connectivity index (χ4n) is 6.36. The Kier molecular flexibility index (Phi) is 5.26. The molecule has 29 heavy (non-hydrogen) atoms. The first-order valence-electron chi connectivity index (χ1n) is 10.7. The average molecular weight is 423 g/mol. The molecule has 5 nitrogen and oxygen atoms in total. The maximum absolute atomic E-state index is 14.4.